The van der Waals surface area contributed by atoms with Crippen molar-refractivity contribution in [3.8, 4) is 11.6 Å². The molecule has 0 bridgehead atoms. The monoisotopic (exact) mass is 366 g/mol. The lowest BCUT2D eigenvalue weighted by Crippen LogP contribution is -2.36. The fourth-order valence-electron chi connectivity index (χ4n) is 3.34. The molecule has 136 valence electrons. The molecule has 2 saturated heterocycles. The summed E-state index contributed by atoms with van der Waals surface area (Å²) in [6.45, 7) is 5.59. The van der Waals surface area contributed by atoms with Gasteiger partial charge in [-0.3, -0.25) is 4.90 Å². The van der Waals surface area contributed by atoms with Crippen molar-refractivity contribution >= 4 is 9.84 Å². The van der Waals surface area contributed by atoms with Crippen LogP contribution in [0, 0.1) is 6.92 Å². The number of hydrogen-bond donors (Lipinski definition) is 0. The quantitative estimate of drug-likeness (QED) is 0.798. The summed E-state index contributed by atoms with van der Waals surface area (Å²) in [6, 6.07) is 3.56. The molecule has 25 heavy (non-hydrogen) atoms. The normalized spacial score (nSPS) is 24.0. The minimum absolute atomic E-state index is 0.128. The second-order valence-electron chi connectivity index (χ2n) is 6.65. The van der Waals surface area contributed by atoms with Gasteiger partial charge < -0.3 is 9.15 Å². The predicted molar refractivity (Wildman–Crippen MR) is 90.9 cm³/mol. The molecule has 8 nitrogen and oxygen atoms in total. The van der Waals surface area contributed by atoms with E-state index in [1.54, 1.807) is 4.68 Å². The van der Waals surface area contributed by atoms with Crippen LogP contribution in [0.5, 0.6) is 0 Å². The standard InChI is InChI=1S/C16H22N4O4S/c1-12-2-3-14(24-12)16-17-15(10-19-5-7-23-8-6-19)20(18-16)13-4-9-25(21,22)11-13/h2-3,13H,4-11H2,1H3/t13-/m1/s1. The van der Waals surface area contributed by atoms with Crippen LogP contribution < -0.4 is 0 Å². The highest BCUT2D eigenvalue weighted by Crippen LogP contribution is 2.27. The summed E-state index contributed by atoms with van der Waals surface area (Å²) in [7, 11) is -2.99. The SMILES string of the molecule is Cc1ccc(-c2nc(CN3CCOCC3)n([C@@H]3CCS(=O)(=O)C3)n2)o1. The first-order valence-electron chi connectivity index (χ1n) is 8.53. The molecule has 0 radical (unpaired) electrons. The van der Waals surface area contributed by atoms with Gasteiger partial charge in [-0.05, 0) is 25.5 Å². The van der Waals surface area contributed by atoms with Gasteiger partial charge in [0.1, 0.15) is 11.6 Å². The number of sulfone groups is 1. The van der Waals surface area contributed by atoms with E-state index in [4.69, 9.17) is 9.15 Å². The summed E-state index contributed by atoms with van der Waals surface area (Å²) in [5, 5.41) is 4.60. The van der Waals surface area contributed by atoms with Gasteiger partial charge in [0.2, 0.25) is 5.82 Å². The third kappa shape index (κ3) is 3.63. The average Bonchev–Trinajstić information content (AvgIpc) is 3.27. The fourth-order valence-corrected chi connectivity index (χ4v) is 5.03. The summed E-state index contributed by atoms with van der Waals surface area (Å²) >= 11 is 0. The van der Waals surface area contributed by atoms with E-state index in [2.05, 4.69) is 15.0 Å². The maximum Gasteiger partial charge on any atom is 0.217 e. The Morgan fingerprint density at radius 1 is 1.28 bits per heavy atom. The molecule has 2 aliphatic heterocycles. The second-order valence-corrected chi connectivity index (χ2v) is 8.88. The van der Waals surface area contributed by atoms with Gasteiger partial charge in [-0.15, -0.1) is 5.10 Å². The van der Waals surface area contributed by atoms with Crippen LogP contribution in [0.1, 0.15) is 24.0 Å². The van der Waals surface area contributed by atoms with E-state index in [1.807, 2.05) is 19.1 Å². The van der Waals surface area contributed by atoms with E-state index >= 15 is 0 Å². The van der Waals surface area contributed by atoms with E-state index in [1.165, 1.54) is 0 Å². The summed E-state index contributed by atoms with van der Waals surface area (Å²) < 4.78 is 36.6. The van der Waals surface area contributed by atoms with E-state index in [9.17, 15) is 8.42 Å². The first kappa shape index (κ1) is 16.7. The average molecular weight is 366 g/mol. The predicted octanol–water partition coefficient (Wildman–Crippen LogP) is 1.04. The summed E-state index contributed by atoms with van der Waals surface area (Å²) in [4.78, 5) is 6.92. The molecule has 2 fully saturated rings. The molecule has 0 aliphatic carbocycles. The van der Waals surface area contributed by atoms with Crippen molar-refractivity contribution in [3.63, 3.8) is 0 Å². The van der Waals surface area contributed by atoms with Gasteiger partial charge >= 0.3 is 0 Å². The van der Waals surface area contributed by atoms with Crippen molar-refractivity contribution in [2.24, 2.45) is 0 Å². The largest absolute Gasteiger partial charge is 0.458 e. The van der Waals surface area contributed by atoms with E-state index in [0.717, 1.165) is 24.7 Å². The van der Waals surface area contributed by atoms with Gasteiger partial charge in [0, 0.05) is 13.1 Å². The maximum absolute atomic E-state index is 11.9. The van der Waals surface area contributed by atoms with Crippen molar-refractivity contribution < 1.29 is 17.6 Å². The van der Waals surface area contributed by atoms with Gasteiger partial charge in [0.25, 0.3) is 0 Å². The molecule has 0 saturated carbocycles. The molecule has 2 aromatic heterocycles. The highest BCUT2D eigenvalue weighted by atomic mass is 32.2. The Morgan fingerprint density at radius 3 is 2.72 bits per heavy atom. The van der Waals surface area contributed by atoms with E-state index < -0.39 is 9.84 Å². The van der Waals surface area contributed by atoms with Crippen molar-refractivity contribution in [1.29, 1.82) is 0 Å². The fraction of sp³-hybridized carbons (Fsp3) is 0.625. The second kappa shape index (κ2) is 6.54. The smallest absolute Gasteiger partial charge is 0.217 e. The summed E-state index contributed by atoms with van der Waals surface area (Å²) in [5.74, 6) is 3.05. The van der Waals surface area contributed by atoms with Gasteiger partial charge in [-0.2, -0.15) is 0 Å². The molecule has 0 unspecified atom stereocenters. The maximum atomic E-state index is 11.9. The molecule has 1 atom stereocenters. The van der Waals surface area contributed by atoms with Crippen LogP contribution in [0.15, 0.2) is 16.5 Å². The number of aryl methyl sites for hydroxylation is 1. The van der Waals surface area contributed by atoms with Crippen LogP contribution in [0.2, 0.25) is 0 Å². The number of hydrogen-bond acceptors (Lipinski definition) is 7. The molecular weight excluding hydrogens is 344 g/mol. The van der Waals surface area contributed by atoms with Gasteiger partial charge in [-0.1, -0.05) is 0 Å². The van der Waals surface area contributed by atoms with Gasteiger partial charge in [0.05, 0.1) is 37.3 Å². The Balaban J connectivity index is 1.65. The lowest BCUT2D eigenvalue weighted by Gasteiger charge is -2.26. The van der Waals surface area contributed by atoms with Crippen LogP contribution >= 0.6 is 0 Å². The molecule has 0 spiro atoms. The molecule has 0 N–H and O–H groups in total. The number of rotatable bonds is 4. The van der Waals surface area contributed by atoms with Crippen LogP contribution in [0.4, 0.5) is 0 Å². The van der Waals surface area contributed by atoms with Crippen LogP contribution in [0.3, 0.4) is 0 Å². The van der Waals surface area contributed by atoms with E-state index in [0.29, 0.717) is 37.8 Å². The number of nitrogens with zero attached hydrogens (tertiary/aromatic N) is 4. The summed E-state index contributed by atoms with van der Waals surface area (Å²) in [5.41, 5.74) is 0. The molecule has 9 heteroatoms. The Hall–Kier alpha value is -1.71. The van der Waals surface area contributed by atoms with Crippen molar-refractivity contribution in [2.75, 3.05) is 37.8 Å². The zero-order chi connectivity index (χ0) is 17.4. The Morgan fingerprint density at radius 2 is 2.08 bits per heavy atom. The van der Waals surface area contributed by atoms with Gasteiger partial charge in [-0.25, -0.2) is 18.1 Å². The molecule has 2 aliphatic rings. The number of furan rings is 1. The molecular formula is C16H22N4O4S. The number of morpholine rings is 1. The minimum atomic E-state index is -2.99. The summed E-state index contributed by atoms with van der Waals surface area (Å²) in [6.07, 6.45) is 0.582. The molecule has 4 rings (SSSR count). The molecule has 0 aromatic carbocycles. The number of aromatic nitrogens is 3. The Labute approximate surface area is 146 Å². The van der Waals surface area contributed by atoms with Crippen molar-refractivity contribution in [3.05, 3.63) is 23.7 Å². The third-order valence-electron chi connectivity index (χ3n) is 4.69. The van der Waals surface area contributed by atoms with Crippen molar-refractivity contribution in [2.45, 2.75) is 25.9 Å². The van der Waals surface area contributed by atoms with Crippen molar-refractivity contribution in [1.82, 2.24) is 19.7 Å². The zero-order valence-corrected chi connectivity index (χ0v) is 15.0. The molecule has 4 heterocycles. The van der Waals surface area contributed by atoms with E-state index in [-0.39, 0.29) is 17.5 Å². The Kier molecular flexibility index (Phi) is 4.38. The lowest BCUT2D eigenvalue weighted by atomic mass is 10.2. The number of ether oxygens (including phenoxy) is 1. The highest BCUT2D eigenvalue weighted by Gasteiger charge is 2.32. The van der Waals surface area contributed by atoms with Crippen LogP contribution in [-0.2, 0) is 21.1 Å². The lowest BCUT2D eigenvalue weighted by molar-refractivity contribution is 0.0322. The topological polar surface area (TPSA) is 90.5 Å². The molecule has 0 amide bonds. The Bertz CT molecular complexity index is 851. The zero-order valence-electron chi connectivity index (χ0n) is 14.2. The van der Waals surface area contributed by atoms with Crippen LogP contribution in [0.25, 0.3) is 11.6 Å². The first-order valence-corrected chi connectivity index (χ1v) is 10.3. The minimum Gasteiger partial charge on any atom is -0.458 e. The molecule has 2 aromatic rings. The first-order chi connectivity index (χ1) is 12.0. The highest BCUT2D eigenvalue weighted by molar-refractivity contribution is 7.91. The van der Waals surface area contributed by atoms with Crippen LogP contribution in [-0.4, -0.2) is 65.9 Å². The van der Waals surface area contributed by atoms with Gasteiger partial charge in [0.15, 0.2) is 15.6 Å². The third-order valence-corrected chi connectivity index (χ3v) is 6.44.